The lowest BCUT2D eigenvalue weighted by Crippen LogP contribution is -2.19. The summed E-state index contributed by atoms with van der Waals surface area (Å²) in [5.41, 5.74) is 7.97. The predicted molar refractivity (Wildman–Crippen MR) is 86.3 cm³/mol. The molecule has 0 aliphatic heterocycles. The maximum Gasteiger partial charge on any atom is 0.119 e. The summed E-state index contributed by atoms with van der Waals surface area (Å²) in [5, 5.41) is 0. The van der Waals surface area contributed by atoms with Gasteiger partial charge in [-0.25, -0.2) is 4.98 Å². The van der Waals surface area contributed by atoms with Crippen molar-refractivity contribution in [3.8, 4) is 17.0 Å². The fourth-order valence-corrected chi connectivity index (χ4v) is 2.61. The molecule has 2 rings (SSSR count). The SMILES string of the molecule is COc1cccc(-c2cnc(CC(CN)CC(C)C)[nH]2)c1. The summed E-state index contributed by atoms with van der Waals surface area (Å²) in [6.07, 6.45) is 3.91. The van der Waals surface area contributed by atoms with E-state index in [1.165, 1.54) is 0 Å². The molecule has 0 spiro atoms. The highest BCUT2D eigenvalue weighted by atomic mass is 16.5. The molecule has 1 unspecified atom stereocenters. The average molecular weight is 287 g/mol. The van der Waals surface area contributed by atoms with Gasteiger partial charge in [0.25, 0.3) is 0 Å². The summed E-state index contributed by atoms with van der Waals surface area (Å²) in [5.74, 6) is 2.99. The first-order valence-electron chi connectivity index (χ1n) is 7.50. The molecule has 2 aromatic rings. The molecule has 1 aromatic heterocycles. The van der Waals surface area contributed by atoms with Gasteiger partial charge in [-0.1, -0.05) is 26.0 Å². The van der Waals surface area contributed by atoms with E-state index in [1.807, 2.05) is 30.5 Å². The van der Waals surface area contributed by atoms with Crippen LogP contribution in [0.3, 0.4) is 0 Å². The van der Waals surface area contributed by atoms with Crippen LogP contribution in [-0.2, 0) is 6.42 Å². The Balaban J connectivity index is 2.10. The topological polar surface area (TPSA) is 63.9 Å². The minimum Gasteiger partial charge on any atom is -0.497 e. The van der Waals surface area contributed by atoms with Crippen molar-refractivity contribution in [1.82, 2.24) is 9.97 Å². The quantitative estimate of drug-likeness (QED) is 0.821. The molecule has 0 bridgehead atoms. The van der Waals surface area contributed by atoms with Crippen molar-refractivity contribution in [1.29, 1.82) is 0 Å². The molecule has 1 aromatic carbocycles. The van der Waals surface area contributed by atoms with Gasteiger partial charge < -0.3 is 15.5 Å². The number of nitrogens with zero attached hydrogens (tertiary/aromatic N) is 1. The van der Waals surface area contributed by atoms with Crippen LogP contribution < -0.4 is 10.5 Å². The van der Waals surface area contributed by atoms with E-state index >= 15 is 0 Å². The van der Waals surface area contributed by atoms with Crippen molar-refractivity contribution in [2.24, 2.45) is 17.6 Å². The molecule has 4 heteroatoms. The fraction of sp³-hybridized carbons (Fsp3) is 0.471. The molecule has 0 aliphatic rings. The standard InChI is InChI=1S/C17H25N3O/c1-12(2)7-13(10-18)8-17-19-11-16(20-17)14-5-4-6-15(9-14)21-3/h4-6,9,11-13H,7-8,10,18H2,1-3H3,(H,19,20). The molecular weight excluding hydrogens is 262 g/mol. The van der Waals surface area contributed by atoms with Crippen LogP contribution in [0.4, 0.5) is 0 Å². The Kier molecular flexibility index (Phi) is 5.39. The number of hydrogen-bond acceptors (Lipinski definition) is 3. The Morgan fingerprint density at radius 2 is 2.14 bits per heavy atom. The van der Waals surface area contributed by atoms with Crippen molar-refractivity contribution in [3.05, 3.63) is 36.3 Å². The lowest BCUT2D eigenvalue weighted by atomic mass is 9.94. The first kappa shape index (κ1) is 15.6. The highest BCUT2D eigenvalue weighted by Crippen LogP contribution is 2.23. The van der Waals surface area contributed by atoms with E-state index in [-0.39, 0.29) is 0 Å². The van der Waals surface area contributed by atoms with Crippen LogP contribution >= 0.6 is 0 Å². The Morgan fingerprint density at radius 3 is 2.81 bits per heavy atom. The highest BCUT2D eigenvalue weighted by molar-refractivity contribution is 5.60. The number of benzene rings is 1. The van der Waals surface area contributed by atoms with Crippen molar-refractivity contribution in [3.63, 3.8) is 0 Å². The molecule has 114 valence electrons. The van der Waals surface area contributed by atoms with Gasteiger partial charge in [0.05, 0.1) is 19.0 Å². The number of aromatic amines is 1. The number of rotatable bonds is 7. The monoisotopic (exact) mass is 287 g/mol. The molecule has 0 saturated carbocycles. The molecule has 0 aliphatic carbocycles. The second-order valence-corrected chi connectivity index (χ2v) is 5.91. The van der Waals surface area contributed by atoms with Crippen LogP contribution in [-0.4, -0.2) is 23.6 Å². The molecule has 3 N–H and O–H groups in total. The van der Waals surface area contributed by atoms with E-state index in [9.17, 15) is 0 Å². The summed E-state index contributed by atoms with van der Waals surface area (Å²) >= 11 is 0. The number of nitrogens with two attached hydrogens (primary N) is 1. The maximum atomic E-state index is 5.87. The molecule has 21 heavy (non-hydrogen) atoms. The highest BCUT2D eigenvalue weighted by Gasteiger charge is 2.13. The van der Waals surface area contributed by atoms with Crippen LogP contribution in [0.2, 0.25) is 0 Å². The molecule has 0 radical (unpaired) electrons. The largest absolute Gasteiger partial charge is 0.497 e. The lowest BCUT2D eigenvalue weighted by Gasteiger charge is -2.15. The summed E-state index contributed by atoms with van der Waals surface area (Å²) < 4.78 is 5.26. The van der Waals surface area contributed by atoms with Gasteiger partial charge in [-0.15, -0.1) is 0 Å². The van der Waals surface area contributed by atoms with E-state index in [4.69, 9.17) is 10.5 Å². The number of imidazole rings is 1. The van der Waals surface area contributed by atoms with E-state index in [2.05, 4.69) is 23.8 Å². The van der Waals surface area contributed by atoms with Gasteiger partial charge in [0, 0.05) is 12.0 Å². The van der Waals surface area contributed by atoms with Gasteiger partial charge in [0.2, 0.25) is 0 Å². The van der Waals surface area contributed by atoms with E-state index in [0.717, 1.165) is 35.7 Å². The average Bonchev–Trinajstić information content (AvgIpc) is 2.94. The van der Waals surface area contributed by atoms with Gasteiger partial charge in [0.15, 0.2) is 0 Å². The minimum absolute atomic E-state index is 0.481. The number of aromatic nitrogens is 2. The zero-order valence-electron chi connectivity index (χ0n) is 13.1. The maximum absolute atomic E-state index is 5.87. The number of nitrogens with one attached hydrogen (secondary N) is 1. The summed E-state index contributed by atoms with van der Waals surface area (Å²) in [4.78, 5) is 7.89. The van der Waals surface area contributed by atoms with Crippen LogP contribution in [0, 0.1) is 11.8 Å². The minimum atomic E-state index is 0.481. The van der Waals surface area contributed by atoms with Crippen LogP contribution in [0.5, 0.6) is 5.75 Å². The van der Waals surface area contributed by atoms with Crippen molar-refractivity contribution >= 4 is 0 Å². The number of hydrogen-bond donors (Lipinski definition) is 2. The van der Waals surface area contributed by atoms with E-state index < -0.39 is 0 Å². The fourth-order valence-electron chi connectivity index (χ4n) is 2.61. The second kappa shape index (κ2) is 7.27. The van der Waals surface area contributed by atoms with E-state index in [1.54, 1.807) is 7.11 Å². The zero-order chi connectivity index (χ0) is 15.2. The van der Waals surface area contributed by atoms with Gasteiger partial charge in [-0.3, -0.25) is 0 Å². The van der Waals surface area contributed by atoms with Crippen LogP contribution in [0.1, 0.15) is 26.1 Å². The third-order valence-electron chi connectivity index (χ3n) is 3.63. The van der Waals surface area contributed by atoms with Gasteiger partial charge in [0.1, 0.15) is 11.6 Å². The normalized spacial score (nSPS) is 12.6. The number of ether oxygens (including phenoxy) is 1. The first-order valence-corrected chi connectivity index (χ1v) is 7.50. The molecule has 1 atom stereocenters. The third kappa shape index (κ3) is 4.33. The Labute approximate surface area is 126 Å². The molecule has 0 fully saturated rings. The molecular formula is C17H25N3O. The Morgan fingerprint density at radius 1 is 1.33 bits per heavy atom. The lowest BCUT2D eigenvalue weighted by molar-refractivity contribution is 0.409. The third-order valence-corrected chi connectivity index (χ3v) is 3.63. The second-order valence-electron chi connectivity index (χ2n) is 5.91. The smallest absolute Gasteiger partial charge is 0.119 e. The van der Waals surface area contributed by atoms with Crippen molar-refractivity contribution < 1.29 is 4.74 Å². The Bertz CT molecular complexity index is 563. The molecule has 1 heterocycles. The summed E-state index contributed by atoms with van der Waals surface area (Å²) in [6.45, 7) is 5.16. The van der Waals surface area contributed by atoms with Crippen molar-refractivity contribution in [2.45, 2.75) is 26.7 Å². The predicted octanol–water partition coefficient (Wildman–Crippen LogP) is 3.25. The number of H-pyrrole nitrogens is 1. The summed E-state index contributed by atoms with van der Waals surface area (Å²) in [6, 6.07) is 7.98. The van der Waals surface area contributed by atoms with Gasteiger partial charge in [-0.05, 0) is 36.9 Å². The molecule has 4 nitrogen and oxygen atoms in total. The number of methoxy groups -OCH3 is 1. The zero-order valence-corrected chi connectivity index (χ0v) is 13.1. The molecule has 0 amide bonds. The van der Waals surface area contributed by atoms with Gasteiger partial charge in [-0.2, -0.15) is 0 Å². The molecule has 0 saturated heterocycles. The Hall–Kier alpha value is -1.81. The summed E-state index contributed by atoms with van der Waals surface area (Å²) in [7, 11) is 1.68. The van der Waals surface area contributed by atoms with E-state index in [0.29, 0.717) is 18.4 Å². The van der Waals surface area contributed by atoms with Crippen LogP contribution in [0.25, 0.3) is 11.3 Å². The van der Waals surface area contributed by atoms with Gasteiger partial charge >= 0.3 is 0 Å². The first-order chi connectivity index (χ1) is 10.1. The van der Waals surface area contributed by atoms with Crippen molar-refractivity contribution in [2.75, 3.05) is 13.7 Å². The van der Waals surface area contributed by atoms with Crippen LogP contribution in [0.15, 0.2) is 30.5 Å².